The molecular weight excluding hydrogens is 310 g/mol. The molecule has 0 aliphatic rings. The number of sulfonamides is 1. The molecular formula is C9H8BrN3O3S. The number of anilines is 1. The van der Waals surface area contributed by atoms with Gasteiger partial charge in [-0.15, -0.1) is 5.10 Å². The maximum absolute atomic E-state index is 12.0. The maximum Gasteiger partial charge on any atom is 0.329 e. The topological polar surface area (TPSA) is 85.1 Å². The maximum atomic E-state index is 12.0. The lowest BCUT2D eigenvalue weighted by molar-refractivity contribution is 0.534. The highest BCUT2D eigenvalue weighted by Crippen LogP contribution is 2.23. The average molecular weight is 318 g/mol. The lowest BCUT2D eigenvalue weighted by Gasteiger charge is -2.05. The highest BCUT2D eigenvalue weighted by Gasteiger charge is 2.19. The molecule has 2 rings (SSSR count). The molecule has 0 radical (unpaired) electrons. The smallest absolute Gasteiger partial charge is 0.329 e. The number of hydrogen-bond donors (Lipinski definition) is 1. The van der Waals surface area contributed by atoms with E-state index in [0.717, 1.165) is 0 Å². The summed E-state index contributed by atoms with van der Waals surface area (Å²) in [5.41, 5.74) is 0. The second-order valence-electron chi connectivity index (χ2n) is 3.16. The Morgan fingerprint density at radius 2 is 2.00 bits per heavy atom. The fraction of sp³-hybridized carbons (Fsp3) is 0.111. The molecule has 0 bridgehead atoms. The molecule has 1 N–H and O–H groups in total. The summed E-state index contributed by atoms with van der Waals surface area (Å²) in [6, 6.07) is 6.29. The molecule has 0 fully saturated rings. The zero-order valence-corrected chi connectivity index (χ0v) is 11.1. The van der Waals surface area contributed by atoms with Crippen molar-refractivity contribution in [3.05, 3.63) is 34.6 Å². The van der Waals surface area contributed by atoms with Crippen LogP contribution in [0.5, 0.6) is 0 Å². The average Bonchev–Trinajstić information content (AvgIpc) is 2.63. The summed E-state index contributed by atoms with van der Waals surface area (Å²) in [4.78, 5) is 0.107. The first-order chi connectivity index (χ1) is 7.99. The number of aryl methyl sites for hydroxylation is 1. The fourth-order valence-corrected chi connectivity index (χ4v) is 3.10. The van der Waals surface area contributed by atoms with Gasteiger partial charge in [0.1, 0.15) is 4.90 Å². The van der Waals surface area contributed by atoms with Gasteiger partial charge in [-0.05, 0) is 28.1 Å². The van der Waals surface area contributed by atoms with Crippen molar-refractivity contribution in [2.45, 2.75) is 11.8 Å². The van der Waals surface area contributed by atoms with Crippen LogP contribution in [-0.2, 0) is 10.0 Å². The van der Waals surface area contributed by atoms with E-state index in [2.05, 4.69) is 30.8 Å². The summed E-state index contributed by atoms with van der Waals surface area (Å²) in [7, 11) is -3.72. The molecule has 0 aliphatic carbocycles. The molecule has 8 heteroatoms. The monoisotopic (exact) mass is 317 g/mol. The Hall–Kier alpha value is -1.41. The van der Waals surface area contributed by atoms with E-state index in [4.69, 9.17) is 4.42 Å². The minimum absolute atomic E-state index is 0.107. The Kier molecular flexibility index (Phi) is 3.16. The first-order valence-corrected chi connectivity index (χ1v) is 6.84. The molecule has 1 aromatic carbocycles. The van der Waals surface area contributed by atoms with Crippen molar-refractivity contribution in [1.82, 2.24) is 10.2 Å². The molecule has 0 saturated carbocycles. The Bertz CT molecular complexity index is 638. The van der Waals surface area contributed by atoms with Gasteiger partial charge in [-0.2, -0.15) is 0 Å². The van der Waals surface area contributed by atoms with Crippen molar-refractivity contribution in [3.63, 3.8) is 0 Å². The Labute approximate surface area is 106 Å². The van der Waals surface area contributed by atoms with Crippen molar-refractivity contribution >= 4 is 32.0 Å². The number of rotatable bonds is 3. The summed E-state index contributed by atoms with van der Waals surface area (Å²) >= 11 is 3.16. The van der Waals surface area contributed by atoms with E-state index < -0.39 is 10.0 Å². The fourth-order valence-electron chi connectivity index (χ4n) is 1.17. The molecule has 2 aromatic rings. The minimum atomic E-state index is -3.72. The molecule has 1 aromatic heterocycles. The summed E-state index contributed by atoms with van der Waals surface area (Å²) in [6.45, 7) is 1.57. The van der Waals surface area contributed by atoms with Crippen LogP contribution in [0.4, 0.5) is 6.01 Å². The van der Waals surface area contributed by atoms with E-state index in [1.54, 1.807) is 25.1 Å². The molecule has 17 heavy (non-hydrogen) atoms. The van der Waals surface area contributed by atoms with Crippen LogP contribution in [0.1, 0.15) is 5.89 Å². The first kappa shape index (κ1) is 12.1. The van der Waals surface area contributed by atoms with Crippen molar-refractivity contribution < 1.29 is 12.8 Å². The molecule has 0 unspecified atom stereocenters. The number of nitrogens with one attached hydrogen (secondary N) is 1. The molecule has 6 nitrogen and oxygen atoms in total. The normalized spacial score (nSPS) is 11.4. The van der Waals surface area contributed by atoms with E-state index in [9.17, 15) is 8.42 Å². The Morgan fingerprint density at radius 3 is 2.59 bits per heavy atom. The Morgan fingerprint density at radius 1 is 1.29 bits per heavy atom. The van der Waals surface area contributed by atoms with Gasteiger partial charge in [0.25, 0.3) is 10.0 Å². The van der Waals surface area contributed by atoms with E-state index >= 15 is 0 Å². The van der Waals surface area contributed by atoms with Gasteiger partial charge in [-0.3, -0.25) is 0 Å². The third-order valence-electron chi connectivity index (χ3n) is 1.87. The van der Waals surface area contributed by atoms with E-state index in [1.807, 2.05) is 0 Å². The highest BCUT2D eigenvalue weighted by molar-refractivity contribution is 9.10. The molecule has 90 valence electrons. The van der Waals surface area contributed by atoms with Crippen LogP contribution in [0.25, 0.3) is 0 Å². The zero-order valence-electron chi connectivity index (χ0n) is 8.71. The van der Waals surface area contributed by atoms with Gasteiger partial charge in [0.2, 0.25) is 5.89 Å². The second kappa shape index (κ2) is 4.46. The number of benzene rings is 1. The van der Waals surface area contributed by atoms with Crippen LogP contribution in [-0.4, -0.2) is 18.6 Å². The summed E-state index contributed by atoms with van der Waals surface area (Å²) in [5, 5.41) is 7.10. The van der Waals surface area contributed by atoms with Crippen molar-refractivity contribution in [2.24, 2.45) is 0 Å². The predicted octanol–water partition coefficient (Wildman–Crippen LogP) is 1.94. The van der Waals surface area contributed by atoms with Crippen LogP contribution >= 0.6 is 15.9 Å². The molecule has 1 heterocycles. The van der Waals surface area contributed by atoms with Gasteiger partial charge in [0, 0.05) is 11.4 Å². The lowest BCUT2D eigenvalue weighted by Crippen LogP contribution is -2.13. The van der Waals surface area contributed by atoms with Crippen molar-refractivity contribution in [2.75, 3.05) is 4.72 Å². The zero-order chi connectivity index (χ0) is 12.5. The number of halogens is 1. The predicted molar refractivity (Wildman–Crippen MR) is 64.0 cm³/mol. The van der Waals surface area contributed by atoms with Crippen LogP contribution in [0.3, 0.4) is 0 Å². The quantitative estimate of drug-likeness (QED) is 0.935. The minimum Gasteiger partial charge on any atom is -0.408 e. The first-order valence-electron chi connectivity index (χ1n) is 4.56. The van der Waals surface area contributed by atoms with E-state index in [1.165, 1.54) is 6.07 Å². The van der Waals surface area contributed by atoms with Crippen LogP contribution in [0.15, 0.2) is 38.1 Å². The Balaban J connectivity index is 2.35. The van der Waals surface area contributed by atoms with Crippen LogP contribution < -0.4 is 4.72 Å². The largest absolute Gasteiger partial charge is 0.408 e. The van der Waals surface area contributed by atoms with Gasteiger partial charge < -0.3 is 4.42 Å². The van der Waals surface area contributed by atoms with Gasteiger partial charge in [0.15, 0.2) is 0 Å². The highest BCUT2D eigenvalue weighted by atomic mass is 79.9. The molecule has 0 aliphatic heterocycles. The van der Waals surface area contributed by atoms with Gasteiger partial charge in [0.05, 0.1) is 0 Å². The summed E-state index contributed by atoms with van der Waals surface area (Å²) < 4.78 is 31.5. The number of hydrogen-bond acceptors (Lipinski definition) is 5. The SMILES string of the molecule is Cc1nnc(NS(=O)(=O)c2ccccc2Br)o1. The third kappa shape index (κ3) is 2.64. The second-order valence-corrected chi connectivity index (χ2v) is 5.67. The van der Waals surface area contributed by atoms with Crippen LogP contribution in [0.2, 0.25) is 0 Å². The van der Waals surface area contributed by atoms with E-state index in [0.29, 0.717) is 4.47 Å². The molecule has 0 spiro atoms. The standard InChI is InChI=1S/C9H8BrN3O3S/c1-6-11-12-9(16-6)13-17(14,15)8-5-3-2-4-7(8)10/h2-5H,1H3,(H,12,13). The van der Waals surface area contributed by atoms with Crippen LogP contribution in [0, 0.1) is 6.92 Å². The number of nitrogens with zero attached hydrogens (tertiary/aromatic N) is 2. The van der Waals surface area contributed by atoms with Crippen molar-refractivity contribution in [3.8, 4) is 0 Å². The summed E-state index contributed by atoms with van der Waals surface area (Å²) in [6.07, 6.45) is 0. The number of aromatic nitrogens is 2. The summed E-state index contributed by atoms with van der Waals surface area (Å²) in [5.74, 6) is 0.287. The van der Waals surface area contributed by atoms with Gasteiger partial charge in [-0.25, -0.2) is 13.1 Å². The van der Waals surface area contributed by atoms with Crippen molar-refractivity contribution in [1.29, 1.82) is 0 Å². The lowest BCUT2D eigenvalue weighted by atomic mass is 10.4. The molecule has 0 saturated heterocycles. The van der Waals surface area contributed by atoms with Gasteiger partial charge in [-0.1, -0.05) is 17.2 Å². The van der Waals surface area contributed by atoms with Gasteiger partial charge >= 0.3 is 6.01 Å². The molecule has 0 amide bonds. The third-order valence-corrected chi connectivity index (χ3v) is 4.21. The van der Waals surface area contributed by atoms with E-state index in [-0.39, 0.29) is 16.8 Å². The molecule has 0 atom stereocenters.